The average Bonchev–Trinajstić information content (AvgIpc) is 1.52. The Morgan fingerprint density at radius 3 is 0.769 bits per heavy atom. The van der Waals surface area contributed by atoms with Crippen LogP contribution in [0.2, 0.25) is 0 Å². The fourth-order valence-electron chi connectivity index (χ4n) is 22.5. The molecule has 0 unspecified atom stereocenters. The van der Waals surface area contributed by atoms with Gasteiger partial charge in [-0.3, -0.25) is 0 Å². The lowest BCUT2D eigenvalue weighted by Crippen LogP contribution is -2.24. The van der Waals surface area contributed by atoms with Crippen molar-refractivity contribution in [3.63, 3.8) is 0 Å². The van der Waals surface area contributed by atoms with Crippen molar-refractivity contribution in [3.8, 4) is 44.5 Å². The average molecular weight is 1780 g/mol. The molecular weight excluding hydrogens is 1690 g/mol. The van der Waals surface area contributed by atoms with E-state index in [0.717, 1.165) is 77.4 Å². The fourth-order valence-corrected chi connectivity index (χ4v) is 26.2. The van der Waals surface area contributed by atoms with Gasteiger partial charge in [-0.25, -0.2) is 0 Å². The van der Waals surface area contributed by atoms with Gasteiger partial charge < -0.3 is 22.1 Å². The fraction of sp³-hybridized carbons (Fsp3) is 0.0952. The van der Waals surface area contributed by atoms with Gasteiger partial charge in [-0.2, -0.15) is 0 Å². The number of benzene rings is 19. The molecule has 8 heterocycles. The highest BCUT2D eigenvalue weighted by Gasteiger charge is 2.46. The van der Waals surface area contributed by atoms with Crippen molar-refractivity contribution in [2.45, 2.75) is 77.0 Å². The Kier molecular flexibility index (Phi) is 18.9. The Hall–Kier alpha value is -15.2. The second-order valence-electron chi connectivity index (χ2n) is 37.7. The van der Waals surface area contributed by atoms with Crippen LogP contribution in [0.3, 0.4) is 0 Å². The molecular formula is C126H90O5S3. The summed E-state index contributed by atoms with van der Waals surface area (Å²) in [7, 11) is 0. The quantitative estimate of drug-likeness (QED) is 0.151. The van der Waals surface area contributed by atoms with Gasteiger partial charge in [0.15, 0.2) is 16.7 Å². The molecule has 0 spiro atoms. The number of hydrogen-bond acceptors (Lipinski definition) is 8. The van der Waals surface area contributed by atoms with Crippen LogP contribution in [0.15, 0.2) is 422 Å². The summed E-state index contributed by atoms with van der Waals surface area (Å²) in [6.07, 6.45) is 0. The van der Waals surface area contributed by atoms with Crippen molar-refractivity contribution in [2.24, 2.45) is 0 Å². The number of para-hydroxylation sites is 6. The molecule has 0 atom stereocenters. The van der Waals surface area contributed by atoms with E-state index in [1.807, 2.05) is 125 Å². The third-order valence-electron chi connectivity index (χ3n) is 28.7. The zero-order valence-electron chi connectivity index (χ0n) is 75.4. The largest absolute Gasteiger partial charge is 0.456 e. The molecule has 0 bridgehead atoms. The number of fused-ring (bicyclic) bond motifs is 41. The van der Waals surface area contributed by atoms with E-state index in [4.69, 9.17) is 22.1 Å². The van der Waals surface area contributed by atoms with Crippen LogP contribution >= 0.6 is 34.0 Å². The number of furan rings is 5. The Morgan fingerprint density at radius 2 is 0.373 bits per heavy atom. The Balaban J connectivity index is 0.0000000843. The van der Waals surface area contributed by atoms with Crippen LogP contribution in [0, 0.1) is 0 Å². The van der Waals surface area contributed by atoms with E-state index >= 15 is 0 Å². The topological polar surface area (TPSA) is 65.7 Å². The summed E-state index contributed by atoms with van der Waals surface area (Å²) in [6, 6.07) is 141. The molecule has 0 N–H and O–H groups in total. The molecule has 0 saturated heterocycles. The Morgan fingerprint density at radius 1 is 0.149 bits per heavy atom. The highest BCUT2D eigenvalue weighted by Crippen LogP contribution is 2.60. The summed E-state index contributed by atoms with van der Waals surface area (Å²) < 4.78 is 38.2. The molecule has 5 nitrogen and oxygen atoms in total. The minimum atomic E-state index is -0.0285. The molecule has 4 aliphatic carbocycles. The normalized spacial score (nSPS) is 13.9. The molecule has 31 rings (SSSR count). The first-order chi connectivity index (χ1) is 65.5. The van der Waals surface area contributed by atoms with E-state index in [1.165, 1.54) is 182 Å². The zero-order chi connectivity index (χ0) is 90.0. The third kappa shape index (κ3) is 12.7. The van der Waals surface area contributed by atoms with Crippen LogP contribution in [-0.4, -0.2) is 0 Å². The highest BCUT2D eigenvalue weighted by atomic mass is 32.1. The lowest BCUT2D eigenvalue weighted by Gasteiger charge is -2.30. The van der Waals surface area contributed by atoms with Crippen LogP contribution in [0.25, 0.3) is 215 Å². The molecule has 0 radical (unpaired) electrons. The van der Waals surface area contributed by atoms with Gasteiger partial charge in [0.1, 0.15) is 39.1 Å². The maximum absolute atomic E-state index is 6.26. The molecule has 642 valence electrons. The molecule has 8 aromatic heterocycles. The van der Waals surface area contributed by atoms with Gasteiger partial charge in [0, 0.05) is 137 Å². The van der Waals surface area contributed by atoms with Crippen LogP contribution in [0.4, 0.5) is 0 Å². The van der Waals surface area contributed by atoms with Gasteiger partial charge in [-0.15, -0.1) is 34.0 Å². The van der Waals surface area contributed by atoms with Gasteiger partial charge in [-0.1, -0.05) is 371 Å². The molecule has 0 amide bonds. The number of thiophene rings is 3. The monoisotopic (exact) mass is 1780 g/mol. The number of rotatable bonds is 0. The maximum atomic E-state index is 6.26. The van der Waals surface area contributed by atoms with E-state index in [0.29, 0.717) is 0 Å². The lowest BCUT2D eigenvalue weighted by atomic mass is 9.72. The second kappa shape index (κ2) is 31.3. The first kappa shape index (κ1) is 80.9. The van der Waals surface area contributed by atoms with Crippen molar-refractivity contribution in [1.82, 2.24) is 0 Å². The van der Waals surface area contributed by atoms with Gasteiger partial charge >= 0.3 is 0 Å². The predicted octanol–water partition coefficient (Wildman–Crippen LogP) is 37.6. The molecule has 27 aromatic rings. The van der Waals surface area contributed by atoms with E-state index < -0.39 is 0 Å². The molecule has 4 aliphatic rings. The van der Waals surface area contributed by atoms with Crippen molar-refractivity contribution in [2.75, 3.05) is 0 Å². The molecule has 8 heteroatoms. The smallest absolute Gasteiger partial charge is 0.178 e. The highest BCUT2D eigenvalue weighted by molar-refractivity contribution is 7.27. The predicted molar refractivity (Wildman–Crippen MR) is 570 cm³/mol. The van der Waals surface area contributed by atoms with Crippen molar-refractivity contribution in [3.05, 3.63) is 445 Å². The summed E-state index contributed by atoms with van der Waals surface area (Å²) >= 11 is 5.61. The second-order valence-corrected chi connectivity index (χ2v) is 40.9. The van der Waals surface area contributed by atoms with Crippen LogP contribution in [0.1, 0.15) is 99.9 Å². The minimum absolute atomic E-state index is 0.0285. The van der Waals surface area contributed by atoms with E-state index in [-0.39, 0.29) is 21.7 Å². The first-order valence-corrected chi connectivity index (χ1v) is 48.6. The number of hydrogen-bond donors (Lipinski definition) is 0. The maximum Gasteiger partial charge on any atom is 0.178 e. The van der Waals surface area contributed by atoms with Crippen LogP contribution < -0.4 is 0 Å². The van der Waals surface area contributed by atoms with Gasteiger partial charge in [0.2, 0.25) is 0 Å². The van der Waals surface area contributed by atoms with E-state index in [2.05, 4.69) is 365 Å². The summed E-state index contributed by atoms with van der Waals surface area (Å²) in [5.74, 6) is 0. The molecule has 19 aromatic carbocycles. The Bertz CT molecular complexity index is 8620. The zero-order valence-corrected chi connectivity index (χ0v) is 77.8. The van der Waals surface area contributed by atoms with E-state index in [9.17, 15) is 0 Å². The van der Waals surface area contributed by atoms with Crippen molar-refractivity contribution >= 4 is 204 Å². The SMILES string of the molecule is CC1(C)c2ccccc2-c2ccc3c(c21)C(C)(C)c1ccccc1-3.CC1(C)c2ccccc2-c2ccc3c(oc4ccccc43)c21.CC1(C)c2ccccc2-c2ccc3c(sc4ccccc43)c21.c1ccc2c(c1)oc1c2ccc2c3ccccc3oc21.c1ccc2c(c1)oc1c2ccc2c3ccccc3sc21.c1ccc2c(c1)oc1ccccc12.c1ccc2c(c1)sc1ccccc12. The molecule has 134 heavy (non-hydrogen) atoms. The summed E-state index contributed by atoms with van der Waals surface area (Å²) in [5, 5.41) is 19.8. The van der Waals surface area contributed by atoms with Crippen molar-refractivity contribution in [1.29, 1.82) is 0 Å². The standard InChI is InChI=1S/C24H22.C21H16O.C21H16S.C18H10O2.C18H10OS.C12H8O.C12H8S/c1-23(2)19-11-7-5-9-15(19)17-13-14-18-16-10-6-8-12-20(16)24(3,4)22(18)21(17)23;2*1-21(2)17-9-5-3-7-13(17)15-11-12-16-14-8-4-6-10-18(14)22-20(16)19(15)21;2*1-3-7-15-11(5-1)13-9-10-14-12-6-2-4-8-16(12)20-18(14)17(13)19-15;2*1-3-7-11-9(5-1)10-6-2-4-8-12(10)13-11/h5-14H,1-4H3;2*3-12H,1-2H3;2*1-10H;2*1-8H. The van der Waals surface area contributed by atoms with Gasteiger partial charge in [0.25, 0.3) is 0 Å². The first-order valence-electron chi connectivity index (χ1n) is 46.2. The van der Waals surface area contributed by atoms with Crippen molar-refractivity contribution < 1.29 is 22.1 Å². The Labute approximate surface area is 786 Å². The lowest BCUT2D eigenvalue weighted by molar-refractivity contribution is 0.601. The van der Waals surface area contributed by atoms with Crippen LogP contribution in [0.5, 0.6) is 0 Å². The third-order valence-corrected chi connectivity index (χ3v) is 32.3. The van der Waals surface area contributed by atoms with E-state index in [1.54, 1.807) is 0 Å². The molecule has 0 aliphatic heterocycles. The molecule has 0 saturated carbocycles. The van der Waals surface area contributed by atoms with Gasteiger partial charge in [0.05, 0.1) is 4.70 Å². The summed E-state index contributed by atoms with van der Waals surface area (Å²) in [6.45, 7) is 18.9. The van der Waals surface area contributed by atoms with Crippen LogP contribution in [-0.2, 0) is 21.7 Å². The summed E-state index contributed by atoms with van der Waals surface area (Å²) in [5.41, 5.74) is 32.3. The summed E-state index contributed by atoms with van der Waals surface area (Å²) in [4.78, 5) is 0. The molecule has 0 fully saturated rings. The minimum Gasteiger partial charge on any atom is -0.456 e. The van der Waals surface area contributed by atoms with Gasteiger partial charge in [-0.05, 0) is 168 Å².